The van der Waals surface area contributed by atoms with Gasteiger partial charge in [-0.15, -0.1) is 23.1 Å². The maximum absolute atomic E-state index is 13.8. The molecule has 31 heavy (non-hydrogen) atoms. The predicted molar refractivity (Wildman–Crippen MR) is 116 cm³/mol. The number of thioether (sulfide) groups is 1. The molecule has 0 spiro atoms. The number of carbonyl (C=O) groups excluding carboxylic acids is 3. The summed E-state index contributed by atoms with van der Waals surface area (Å²) in [5.41, 5.74) is 0.628. The van der Waals surface area contributed by atoms with E-state index < -0.39 is 29.7 Å². The van der Waals surface area contributed by atoms with Crippen molar-refractivity contribution in [3.8, 4) is 0 Å². The summed E-state index contributed by atoms with van der Waals surface area (Å²) in [7, 11) is 3.05. The number of imide groups is 1. The molecule has 3 heterocycles. The van der Waals surface area contributed by atoms with Crippen molar-refractivity contribution in [3.05, 3.63) is 47.2 Å². The molecule has 2 saturated heterocycles. The molecule has 2 aliphatic heterocycles. The van der Waals surface area contributed by atoms with Gasteiger partial charge in [0.25, 0.3) is 0 Å². The standard InChI is InChI=1S/C19H21FN6O3S2/c1-25-15-13(17(28)26(2)19(25)29)16(31-9-12(27)22-18-21-6-7-30-18)24-14(23-15)10-4-3-5-11(20)8-10/h3-8,13-16,23-24H,9H2,1-2H3,(H,21,22,27). The molecule has 0 radical (unpaired) electrons. The highest BCUT2D eigenvalue weighted by atomic mass is 32.2. The molecule has 4 atom stereocenters. The zero-order valence-corrected chi connectivity index (χ0v) is 18.4. The number of carbonyl (C=O) groups is 3. The van der Waals surface area contributed by atoms with Gasteiger partial charge in [-0.3, -0.25) is 25.1 Å². The first-order valence-electron chi connectivity index (χ1n) is 9.48. The van der Waals surface area contributed by atoms with E-state index in [4.69, 9.17) is 0 Å². The van der Waals surface area contributed by atoms with Crippen LogP contribution in [0.15, 0.2) is 35.8 Å². The minimum atomic E-state index is -0.629. The van der Waals surface area contributed by atoms with Gasteiger partial charge in [0.15, 0.2) is 5.13 Å². The van der Waals surface area contributed by atoms with E-state index >= 15 is 0 Å². The summed E-state index contributed by atoms with van der Waals surface area (Å²) < 4.78 is 13.8. The van der Waals surface area contributed by atoms with Crippen LogP contribution in [0.1, 0.15) is 11.7 Å². The second kappa shape index (κ2) is 8.91. The van der Waals surface area contributed by atoms with Gasteiger partial charge in [-0.05, 0) is 17.7 Å². The lowest BCUT2D eigenvalue weighted by atomic mass is 9.96. The second-order valence-electron chi connectivity index (χ2n) is 7.20. The fourth-order valence-electron chi connectivity index (χ4n) is 3.68. The topological polar surface area (TPSA) is 107 Å². The zero-order valence-electron chi connectivity index (χ0n) is 16.7. The molecule has 164 valence electrons. The number of benzene rings is 1. The lowest BCUT2D eigenvalue weighted by Gasteiger charge is -2.50. The molecule has 4 amide bonds. The molecule has 4 rings (SSSR count). The zero-order chi connectivity index (χ0) is 22.1. The SMILES string of the molecule is CN1C(=O)C2C(SCC(=O)Nc3nccs3)NC(c3cccc(F)c3)NC2N(C)C1=O. The first kappa shape index (κ1) is 21.7. The minimum Gasteiger partial charge on any atom is -0.311 e. The number of halogens is 1. The number of nitrogens with one attached hydrogen (secondary N) is 3. The Balaban J connectivity index is 1.56. The van der Waals surface area contributed by atoms with E-state index in [-0.39, 0.29) is 23.4 Å². The lowest BCUT2D eigenvalue weighted by molar-refractivity contribution is -0.140. The van der Waals surface area contributed by atoms with E-state index in [0.29, 0.717) is 10.7 Å². The van der Waals surface area contributed by atoms with Crippen molar-refractivity contribution in [2.45, 2.75) is 17.7 Å². The van der Waals surface area contributed by atoms with Crippen LogP contribution in [-0.4, -0.2) is 64.0 Å². The molecule has 1 aromatic carbocycles. The number of rotatable bonds is 5. The van der Waals surface area contributed by atoms with Crippen molar-refractivity contribution in [2.24, 2.45) is 5.92 Å². The number of anilines is 1. The molecule has 4 unspecified atom stereocenters. The van der Waals surface area contributed by atoms with Crippen molar-refractivity contribution >= 4 is 46.1 Å². The maximum atomic E-state index is 13.8. The second-order valence-corrected chi connectivity index (χ2v) is 9.22. The van der Waals surface area contributed by atoms with Crippen molar-refractivity contribution in [1.82, 2.24) is 25.4 Å². The molecule has 12 heteroatoms. The molecular formula is C19H21FN6O3S2. The Labute approximate surface area is 186 Å². The third-order valence-corrected chi connectivity index (χ3v) is 7.12. The van der Waals surface area contributed by atoms with Gasteiger partial charge < -0.3 is 10.2 Å². The fraction of sp³-hybridized carbons (Fsp3) is 0.368. The van der Waals surface area contributed by atoms with E-state index in [9.17, 15) is 18.8 Å². The van der Waals surface area contributed by atoms with E-state index in [1.54, 1.807) is 30.8 Å². The lowest BCUT2D eigenvalue weighted by Crippen LogP contribution is -2.72. The highest BCUT2D eigenvalue weighted by Crippen LogP contribution is 2.34. The molecule has 0 bridgehead atoms. The van der Waals surface area contributed by atoms with Gasteiger partial charge in [0, 0.05) is 25.7 Å². The first-order chi connectivity index (χ1) is 14.8. The van der Waals surface area contributed by atoms with E-state index in [1.807, 2.05) is 0 Å². The smallest absolute Gasteiger partial charge is 0.311 e. The normalized spacial score (nSPS) is 26.0. The average Bonchev–Trinajstić information content (AvgIpc) is 3.27. The van der Waals surface area contributed by atoms with Crippen LogP contribution >= 0.6 is 23.1 Å². The third kappa shape index (κ3) is 4.42. The summed E-state index contributed by atoms with van der Waals surface area (Å²) in [4.78, 5) is 44.3. The average molecular weight is 465 g/mol. The number of fused-ring (bicyclic) bond motifs is 1. The van der Waals surface area contributed by atoms with Gasteiger partial charge in [-0.2, -0.15) is 0 Å². The molecule has 2 aliphatic rings. The van der Waals surface area contributed by atoms with Crippen LogP contribution in [0.4, 0.5) is 14.3 Å². The number of aromatic nitrogens is 1. The van der Waals surface area contributed by atoms with Gasteiger partial charge in [0.05, 0.1) is 29.4 Å². The first-order valence-corrected chi connectivity index (χ1v) is 11.4. The Morgan fingerprint density at radius 3 is 2.84 bits per heavy atom. The van der Waals surface area contributed by atoms with Crippen molar-refractivity contribution in [2.75, 3.05) is 25.2 Å². The maximum Gasteiger partial charge on any atom is 0.327 e. The van der Waals surface area contributed by atoms with Crippen LogP contribution in [0, 0.1) is 11.7 Å². The molecule has 2 aromatic rings. The molecule has 0 aliphatic carbocycles. The number of urea groups is 1. The van der Waals surface area contributed by atoms with Crippen LogP contribution in [0.3, 0.4) is 0 Å². The molecular weight excluding hydrogens is 443 g/mol. The van der Waals surface area contributed by atoms with Gasteiger partial charge in [-0.1, -0.05) is 12.1 Å². The van der Waals surface area contributed by atoms with Gasteiger partial charge in [0.2, 0.25) is 11.8 Å². The summed E-state index contributed by atoms with van der Waals surface area (Å²) >= 11 is 2.57. The van der Waals surface area contributed by atoms with Crippen LogP contribution < -0.4 is 16.0 Å². The number of hydrogen-bond donors (Lipinski definition) is 3. The monoisotopic (exact) mass is 464 g/mol. The Morgan fingerprint density at radius 1 is 1.32 bits per heavy atom. The summed E-state index contributed by atoms with van der Waals surface area (Å²) in [6.07, 6.45) is 0.479. The predicted octanol–water partition coefficient (Wildman–Crippen LogP) is 1.64. The summed E-state index contributed by atoms with van der Waals surface area (Å²) in [6, 6.07) is 5.66. The summed E-state index contributed by atoms with van der Waals surface area (Å²) in [5, 5.41) is 11.0. The summed E-state index contributed by atoms with van der Waals surface area (Å²) in [6.45, 7) is 0. The highest BCUT2D eigenvalue weighted by molar-refractivity contribution is 8.00. The van der Waals surface area contributed by atoms with Crippen molar-refractivity contribution < 1.29 is 18.8 Å². The molecule has 9 nitrogen and oxygen atoms in total. The number of thiazole rings is 1. The Morgan fingerprint density at radius 2 is 2.13 bits per heavy atom. The fourth-order valence-corrected chi connectivity index (χ4v) is 5.34. The van der Waals surface area contributed by atoms with E-state index in [2.05, 4.69) is 20.9 Å². The van der Waals surface area contributed by atoms with Gasteiger partial charge in [0.1, 0.15) is 5.82 Å². The quantitative estimate of drug-likeness (QED) is 0.618. The number of amides is 4. The Hall–Kier alpha value is -2.54. The van der Waals surface area contributed by atoms with E-state index in [1.165, 1.54) is 47.2 Å². The molecule has 3 N–H and O–H groups in total. The summed E-state index contributed by atoms with van der Waals surface area (Å²) in [5.74, 6) is -1.54. The van der Waals surface area contributed by atoms with Crippen LogP contribution in [0.25, 0.3) is 0 Å². The largest absolute Gasteiger partial charge is 0.327 e. The molecule has 2 fully saturated rings. The van der Waals surface area contributed by atoms with Gasteiger partial charge >= 0.3 is 6.03 Å². The minimum absolute atomic E-state index is 0.0744. The Bertz CT molecular complexity index is 991. The number of nitrogens with zero attached hydrogens (tertiary/aromatic N) is 3. The Kier molecular flexibility index (Phi) is 6.23. The third-order valence-electron chi connectivity index (χ3n) is 5.21. The van der Waals surface area contributed by atoms with Crippen LogP contribution in [0.5, 0.6) is 0 Å². The molecule has 0 saturated carbocycles. The molecule has 1 aromatic heterocycles. The van der Waals surface area contributed by atoms with Crippen LogP contribution in [0.2, 0.25) is 0 Å². The highest BCUT2D eigenvalue weighted by Gasteiger charge is 2.51. The van der Waals surface area contributed by atoms with Crippen molar-refractivity contribution in [3.63, 3.8) is 0 Å². The van der Waals surface area contributed by atoms with Crippen LogP contribution in [-0.2, 0) is 9.59 Å². The van der Waals surface area contributed by atoms with Crippen molar-refractivity contribution in [1.29, 1.82) is 0 Å². The number of hydrogen-bond acceptors (Lipinski definition) is 8. The van der Waals surface area contributed by atoms with Gasteiger partial charge in [-0.25, -0.2) is 14.2 Å². The van der Waals surface area contributed by atoms with E-state index in [0.717, 1.165) is 4.90 Å².